The van der Waals surface area contributed by atoms with Crippen molar-refractivity contribution >= 4 is 12.1 Å². The van der Waals surface area contributed by atoms with Gasteiger partial charge in [-0.1, -0.05) is 0 Å². The number of carbonyl (C=O) groups excluding carboxylic acids is 1. The van der Waals surface area contributed by atoms with Crippen LogP contribution in [0.15, 0.2) is 24.3 Å². The second-order valence-corrected chi connectivity index (χ2v) is 8.99. The normalized spacial score (nSPS) is 16.5. The second kappa shape index (κ2) is 12.3. The van der Waals surface area contributed by atoms with Crippen molar-refractivity contribution in [3.8, 4) is 11.5 Å². The number of aliphatic hydroxyl groups excluding tert-OH is 1. The molecule has 0 amide bonds. The fourth-order valence-electron chi connectivity index (χ4n) is 4.78. The third-order valence-electron chi connectivity index (χ3n) is 7.03. The maximum Gasteiger partial charge on any atom is 0.133 e. The zero-order chi connectivity index (χ0) is 25.5. The number of piperidine rings is 1. The molecule has 1 N–H and O–H groups in total. The number of carbonyl (C=O) groups is 1. The van der Waals surface area contributed by atoms with Gasteiger partial charge in [0.05, 0.1) is 20.8 Å². The lowest BCUT2D eigenvalue weighted by atomic mass is 9.88. The quantitative estimate of drug-likeness (QED) is 0.480. The Morgan fingerprint density at radius 1 is 1.14 bits per heavy atom. The molecule has 0 aliphatic carbocycles. The molecule has 0 bridgehead atoms. The van der Waals surface area contributed by atoms with E-state index in [0.29, 0.717) is 24.4 Å². The molecule has 1 aliphatic heterocycles. The molecule has 2 heterocycles. The summed E-state index contributed by atoms with van der Waals surface area (Å²) < 4.78 is 40.3. The predicted molar refractivity (Wildman–Crippen MR) is 130 cm³/mol. The van der Waals surface area contributed by atoms with Crippen LogP contribution in [0.25, 0.3) is 0 Å². The third kappa shape index (κ3) is 6.27. The van der Waals surface area contributed by atoms with E-state index in [9.17, 15) is 18.7 Å². The summed E-state index contributed by atoms with van der Waals surface area (Å²) in [6.07, 6.45) is 2.46. The highest BCUT2D eigenvalue weighted by Crippen LogP contribution is 2.36. The lowest BCUT2D eigenvalue weighted by Crippen LogP contribution is -2.37. The number of aromatic nitrogens is 1. The summed E-state index contributed by atoms with van der Waals surface area (Å²) in [7, 11) is 4.74. The van der Waals surface area contributed by atoms with Crippen LogP contribution < -0.4 is 14.4 Å². The number of likely N-dealkylation sites (tertiary alicyclic amines) is 1. The molecule has 7 nitrogen and oxygen atoms in total. The maximum absolute atomic E-state index is 14.9. The van der Waals surface area contributed by atoms with Gasteiger partial charge in [0, 0.05) is 73.4 Å². The number of pyridine rings is 1. The number of β-amino-alcohol motifs (C(OH)–C–C–N with tert-alkyl or cyclic N) is 1. The van der Waals surface area contributed by atoms with E-state index < -0.39 is 23.6 Å². The van der Waals surface area contributed by atoms with Crippen LogP contribution >= 0.6 is 0 Å². The molecule has 1 aromatic carbocycles. The Hall–Kier alpha value is -2.78. The molecule has 0 spiro atoms. The number of benzene rings is 1. The summed E-state index contributed by atoms with van der Waals surface area (Å²) in [4.78, 5) is 20.4. The molecule has 1 fully saturated rings. The van der Waals surface area contributed by atoms with Crippen LogP contribution in [-0.4, -0.2) is 74.8 Å². The average Bonchev–Trinajstić information content (AvgIpc) is 2.87. The van der Waals surface area contributed by atoms with Crippen molar-refractivity contribution in [2.24, 2.45) is 0 Å². The number of likely N-dealkylation sites (N-methyl/N-ethyl adjacent to an activating group) is 1. The van der Waals surface area contributed by atoms with Crippen molar-refractivity contribution in [2.75, 3.05) is 52.4 Å². The molecule has 2 unspecified atom stereocenters. The van der Waals surface area contributed by atoms with E-state index in [0.717, 1.165) is 43.8 Å². The minimum atomic E-state index is -0.747. The first-order valence-corrected chi connectivity index (χ1v) is 11.9. The molecule has 3 rings (SSSR count). The summed E-state index contributed by atoms with van der Waals surface area (Å²) in [5.41, 5.74) is 0.757. The molecule has 2 aromatic rings. The van der Waals surface area contributed by atoms with E-state index in [4.69, 9.17) is 14.5 Å². The van der Waals surface area contributed by atoms with Gasteiger partial charge in [0.15, 0.2) is 0 Å². The summed E-state index contributed by atoms with van der Waals surface area (Å²) in [5.74, 6) is -0.652. The van der Waals surface area contributed by atoms with Crippen molar-refractivity contribution < 1.29 is 28.2 Å². The second-order valence-electron chi connectivity index (χ2n) is 8.99. The van der Waals surface area contributed by atoms with Crippen LogP contribution in [0.1, 0.15) is 49.3 Å². The zero-order valence-electron chi connectivity index (χ0n) is 20.8. The highest BCUT2D eigenvalue weighted by atomic mass is 19.1. The first kappa shape index (κ1) is 26.8. The van der Waals surface area contributed by atoms with Gasteiger partial charge in [-0.05, 0) is 32.9 Å². The van der Waals surface area contributed by atoms with Crippen LogP contribution in [-0.2, 0) is 4.79 Å². The largest absolute Gasteiger partial charge is 0.497 e. The van der Waals surface area contributed by atoms with Crippen LogP contribution in [0, 0.1) is 11.6 Å². The van der Waals surface area contributed by atoms with Gasteiger partial charge in [-0.25, -0.2) is 13.8 Å². The zero-order valence-corrected chi connectivity index (χ0v) is 20.8. The van der Waals surface area contributed by atoms with Crippen molar-refractivity contribution in [3.05, 3.63) is 47.2 Å². The number of aliphatic hydroxyl groups is 1. The van der Waals surface area contributed by atoms with Crippen molar-refractivity contribution in [1.29, 1.82) is 0 Å². The summed E-state index contributed by atoms with van der Waals surface area (Å²) in [6, 6.07) is 5.54. The third-order valence-corrected chi connectivity index (χ3v) is 7.03. The number of hydrogen-bond donors (Lipinski definition) is 1. The van der Waals surface area contributed by atoms with Crippen molar-refractivity contribution in [2.45, 2.75) is 44.1 Å². The van der Waals surface area contributed by atoms with Crippen LogP contribution in [0.3, 0.4) is 0 Å². The number of aldehydes is 1. The minimum absolute atomic E-state index is 0.0498. The molecule has 1 aliphatic rings. The van der Waals surface area contributed by atoms with E-state index in [1.165, 1.54) is 7.11 Å². The number of halogens is 2. The fraction of sp³-hybridized carbons (Fsp3) is 0.538. The summed E-state index contributed by atoms with van der Waals surface area (Å²) in [6.45, 7) is 4.39. The number of nitrogens with zero attached hydrogens (tertiary/aromatic N) is 3. The van der Waals surface area contributed by atoms with Gasteiger partial charge in [-0.15, -0.1) is 0 Å². The Kier molecular flexibility index (Phi) is 9.40. The van der Waals surface area contributed by atoms with Gasteiger partial charge < -0.3 is 29.2 Å². The van der Waals surface area contributed by atoms with Crippen molar-refractivity contribution in [1.82, 2.24) is 9.88 Å². The lowest BCUT2D eigenvalue weighted by Gasteiger charge is -2.34. The molecule has 1 saturated heterocycles. The van der Waals surface area contributed by atoms with Crippen LogP contribution in [0.2, 0.25) is 0 Å². The van der Waals surface area contributed by atoms with Gasteiger partial charge in [0.1, 0.15) is 35.2 Å². The van der Waals surface area contributed by atoms with E-state index >= 15 is 0 Å². The minimum Gasteiger partial charge on any atom is -0.497 e. The average molecular weight is 492 g/mol. The lowest BCUT2D eigenvalue weighted by molar-refractivity contribution is -0.108. The molecular weight excluding hydrogens is 456 g/mol. The molecular formula is C26H35F2N3O4. The topological polar surface area (TPSA) is 75.1 Å². The van der Waals surface area contributed by atoms with Crippen molar-refractivity contribution in [3.63, 3.8) is 0 Å². The first-order valence-electron chi connectivity index (χ1n) is 11.9. The molecule has 1 aromatic heterocycles. The summed E-state index contributed by atoms with van der Waals surface area (Å²) in [5, 5.41) is 9.19. The van der Waals surface area contributed by atoms with E-state index in [2.05, 4.69) is 4.90 Å². The van der Waals surface area contributed by atoms with E-state index in [1.807, 2.05) is 17.9 Å². The number of rotatable bonds is 11. The van der Waals surface area contributed by atoms with Crippen LogP contribution in [0.4, 0.5) is 14.6 Å². The molecule has 0 saturated carbocycles. The van der Waals surface area contributed by atoms with Gasteiger partial charge in [0.2, 0.25) is 0 Å². The Labute approximate surface area is 205 Å². The summed E-state index contributed by atoms with van der Waals surface area (Å²) >= 11 is 0. The van der Waals surface area contributed by atoms with Gasteiger partial charge >= 0.3 is 0 Å². The molecule has 2 atom stereocenters. The Balaban J connectivity index is 1.90. The Morgan fingerprint density at radius 3 is 2.29 bits per heavy atom. The first-order chi connectivity index (χ1) is 16.8. The maximum atomic E-state index is 14.9. The Bertz CT molecular complexity index is 976. The molecule has 9 heteroatoms. The van der Waals surface area contributed by atoms with Gasteiger partial charge in [0.25, 0.3) is 0 Å². The number of anilines is 1. The standard InChI is InChI=1S/C26H35F2N3O4/c1-17(21(7-11-32)26-22(27)13-19(34-3)14-23(26)28)30(2)25-16-20(35-4)15-24(29-25)18-5-8-31(9-6-18)10-12-33/h11,13-18,21,33H,5-10,12H2,1-4H3. The molecule has 0 radical (unpaired) electrons. The van der Waals surface area contributed by atoms with Gasteiger partial charge in [-0.3, -0.25) is 0 Å². The number of methoxy groups -OCH3 is 2. The molecule has 192 valence electrons. The number of hydrogen-bond acceptors (Lipinski definition) is 7. The Morgan fingerprint density at radius 2 is 1.74 bits per heavy atom. The predicted octanol–water partition coefficient (Wildman–Crippen LogP) is 3.75. The fourth-order valence-corrected chi connectivity index (χ4v) is 4.78. The highest BCUT2D eigenvalue weighted by molar-refractivity contribution is 5.54. The van der Waals surface area contributed by atoms with Crippen LogP contribution in [0.5, 0.6) is 11.5 Å². The number of ether oxygens (including phenoxy) is 2. The smallest absolute Gasteiger partial charge is 0.133 e. The molecule has 35 heavy (non-hydrogen) atoms. The van der Waals surface area contributed by atoms with E-state index in [1.54, 1.807) is 20.2 Å². The highest BCUT2D eigenvalue weighted by Gasteiger charge is 2.30. The SMILES string of the molecule is COc1cc(C2CCN(CCO)CC2)nc(N(C)C(C)C(CC=O)c2c(F)cc(OC)cc2F)c1. The van der Waals surface area contributed by atoms with Gasteiger partial charge in [-0.2, -0.15) is 0 Å². The van der Waals surface area contributed by atoms with E-state index in [-0.39, 0.29) is 30.3 Å². The monoisotopic (exact) mass is 491 g/mol.